The molecule has 5 aromatic rings. The van der Waals surface area contributed by atoms with E-state index < -0.39 is 0 Å². The molecule has 2 bridgehead atoms. The van der Waals surface area contributed by atoms with E-state index in [2.05, 4.69) is 74.2 Å². The van der Waals surface area contributed by atoms with E-state index in [9.17, 15) is 0 Å². The number of thiocarbonyl (C=S) groups is 1. The zero-order valence-electron chi connectivity index (χ0n) is 20.9. The third-order valence-corrected chi connectivity index (χ3v) is 9.20. The van der Waals surface area contributed by atoms with Crippen LogP contribution in [0, 0.1) is 17.3 Å². The normalized spacial score (nSPS) is 23.1. The van der Waals surface area contributed by atoms with Crippen LogP contribution in [0.2, 0.25) is 0 Å². The van der Waals surface area contributed by atoms with Crippen molar-refractivity contribution >= 4 is 61.0 Å². The first-order valence-corrected chi connectivity index (χ1v) is 13.3. The highest BCUT2D eigenvalue weighted by molar-refractivity contribution is 7.80. The molecule has 2 aliphatic rings. The summed E-state index contributed by atoms with van der Waals surface area (Å²) in [7, 11) is 0. The first-order valence-electron chi connectivity index (χ1n) is 12.9. The summed E-state index contributed by atoms with van der Waals surface area (Å²) in [5.41, 5.74) is 3.86. The molecule has 0 amide bonds. The van der Waals surface area contributed by atoms with Crippen LogP contribution in [0.5, 0.6) is 5.75 Å². The summed E-state index contributed by atoms with van der Waals surface area (Å²) in [5, 5.41) is 5.22. The van der Waals surface area contributed by atoms with Crippen molar-refractivity contribution in [2.75, 3.05) is 6.54 Å². The standard InChI is InChI=1S/C31H29N3OS/c1-18-19-14-20(16-31(18,2)3)34(17-19)30(36)35-21-12-13-26-27(15-21)33-29-25-11-7-5-9-23(25)22-8-4-6-10-24(22)28(29)32-26/h4-13,15,18-20H,14,16-17H2,1-3H3/t18-,19-,20-/m0/s1. The first-order chi connectivity index (χ1) is 17.4. The molecule has 36 heavy (non-hydrogen) atoms. The number of benzene rings is 4. The maximum atomic E-state index is 6.28. The second-order valence-electron chi connectivity index (χ2n) is 11.3. The molecule has 1 aliphatic heterocycles. The van der Waals surface area contributed by atoms with E-state index in [0.717, 1.165) is 51.6 Å². The minimum Gasteiger partial charge on any atom is -0.432 e. The van der Waals surface area contributed by atoms with Gasteiger partial charge >= 0.3 is 0 Å². The van der Waals surface area contributed by atoms with Crippen LogP contribution in [-0.4, -0.2) is 32.6 Å². The molecule has 2 heterocycles. The maximum absolute atomic E-state index is 6.28. The molecule has 0 radical (unpaired) electrons. The predicted octanol–water partition coefficient (Wildman–Crippen LogP) is 7.51. The molecule has 1 aromatic heterocycles. The Bertz CT molecular complexity index is 1690. The zero-order valence-corrected chi connectivity index (χ0v) is 21.7. The van der Waals surface area contributed by atoms with Crippen molar-refractivity contribution in [1.29, 1.82) is 0 Å². The Morgan fingerprint density at radius 2 is 1.50 bits per heavy atom. The number of nitrogens with zero attached hydrogens (tertiary/aromatic N) is 3. The van der Waals surface area contributed by atoms with Crippen LogP contribution in [0.4, 0.5) is 0 Å². The fourth-order valence-corrected chi connectivity index (χ4v) is 6.97. The van der Waals surface area contributed by atoms with Crippen molar-refractivity contribution in [3.63, 3.8) is 0 Å². The van der Waals surface area contributed by atoms with E-state index in [-0.39, 0.29) is 0 Å². The molecule has 4 aromatic carbocycles. The average molecular weight is 492 g/mol. The molecule has 0 N–H and O–H groups in total. The van der Waals surface area contributed by atoms with Crippen molar-refractivity contribution in [2.24, 2.45) is 17.3 Å². The van der Waals surface area contributed by atoms with Crippen LogP contribution in [0.1, 0.15) is 33.6 Å². The highest BCUT2D eigenvalue weighted by Gasteiger charge is 2.48. The summed E-state index contributed by atoms with van der Waals surface area (Å²) in [6.07, 6.45) is 2.37. The van der Waals surface area contributed by atoms with Gasteiger partial charge in [0.1, 0.15) is 5.75 Å². The molecule has 0 spiro atoms. The van der Waals surface area contributed by atoms with Crippen molar-refractivity contribution in [2.45, 2.75) is 39.7 Å². The molecule has 4 nitrogen and oxygen atoms in total. The lowest BCUT2D eigenvalue weighted by Gasteiger charge is -2.40. The van der Waals surface area contributed by atoms with Crippen LogP contribution in [0.3, 0.4) is 0 Å². The molecule has 180 valence electrons. The van der Waals surface area contributed by atoms with Gasteiger partial charge in [0.05, 0.1) is 22.1 Å². The van der Waals surface area contributed by atoms with Gasteiger partial charge in [0.15, 0.2) is 0 Å². The summed E-state index contributed by atoms with van der Waals surface area (Å²) in [4.78, 5) is 12.5. The SMILES string of the molecule is C[C@H]1[C@H]2C[C@@H](CC1(C)C)N(C(=S)Oc1ccc3nc4c5ccccc5c5ccccc5c4nc3c1)C2. The molecule has 2 fully saturated rings. The number of aromatic nitrogens is 2. The van der Waals surface area contributed by atoms with Gasteiger partial charge in [0, 0.05) is 29.4 Å². The van der Waals surface area contributed by atoms with Crippen LogP contribution in [0.15, 0.2) is 66.7 Å². The second-order valence-corrected chi connectivity index (χ2v) is 11.7. The quantitative estimate of drug-likeness (QED) is 0.138. The first kappa shape index (κ1) is 21.9. The number of fused-ring (bicyclic) bond motifs is 9. The molecule has 5 heteroatoms. The van der Waals surface area contributed by atoms with Gasteiger partial charge < -0.3 is 9.64 Å². The summed E-state index contributed by atoms with van der Waals surface area (Å²) < 4.78 is 6.28. The van der Waals surface area contributed by atoms with Crippen molar-refractivity contribution < 1.29 is 4.74 Å². The lowest BCUT2D eigenvalue weighted by molar-refractivity contribution is 0.106. The highest BCUT2D eigenvalue weighted by Crippen LogP contribution is 2.49. The molecule has 1 saturated carbocycles. The van der Waals surface area contributed by atoms with E-state index in [1.165, 1.54) is 17.2 Å². The van der Waals surface area contributed by atoms with Gasteiger partial charge in [-0.15, -0.1) is 0 Å². The Morgan fingerprint density at radius 1 is 0.889 bits per heavy atom. The summed E-state index contributed by atoms with van der Waals surface area (Å²) >= 11 is 5.82. The van der Waals surface area contributed by atoms with Crippen LogP contribution in [-0.2, 0) is 0 Å². The fraction of sp³-hybridized carbons (Fsp3) is 0.323. The molecule has 7 rings (SSSR count). The van der Waals surface area contributed by atoms with Crippen LogP contribution < -0.4 is 4.74 Å². The van der Waals surface area contributed by atoms with Crippen molar-refractivity contribution in [1.82, 2.24) is 14.9 Å². The average Bonchev–Trinajstić information content (AvgIpc) is 3.26. The van der Waals surface area contributed by atoms with Gasteiger partial charge in [-0.25, -0.2) is 9.97 Å². The Morgan fingerprint density at radius 3 is 2.17 bits per heavy atom. The molecule has 1 aliphatic carbocycles. The molecular weight excluding hydrogens is 462 g/mol. The smallest absolute Gasteiger partial charge is 0.265 e. The minimum absolute atomic E-state index is 0.338. The molecule has 3 atom stereocenters. The van der Waals surface area contributed by atoms with E-state index in [1.54, 1.807) is 0 Å². The number of likely N-dealkylation sites (tertiary alicyclic amines) is 1. The number of hydrogen-bond acceptors (Lipinski definition) is 4. The Kier molecular flexibility index (Phi) is 4.78. The lowest BCUT2D eigenvalue weighted by atomic mass is 9.65. The van der Waals surface area contributed by atoms with Crippen LogP contribution >= 0.6 is 12.2 Å². The zero-order chi connectivity index (χ0) is 24.6. The third kappa shape index (κ3) is 3.29. The summed E-state index contributed by atoms with van der Waals surface area (Å²) in [5.74, 6) is 2.09. The fourth-order valence-electron chi connectivity index (χ4n) is 6.65. The number of hydrogen-bond donors (Lipinski definition) is 0. The predicted molar refractivity (Wildman–Crippen MR) is 151 cm³/mol. The maximum Gasteiger partial charge on any atom is 0.265 e. The van der Waals surface area contributed by atoms with Crippen molar-refractivity contribution in [3.05, 3.63) is 66.7 Å². The van der Waals surface area contributed by atoms with Gasteiger partial charge in [0.25, 0.3) is 5.17 Å². The van der Waals surface area contributed by atoms with Crippen molar-refractivity contribution in [3.8, 4) is 5.75 Å². The molecule has 1 saturated heterocycles. The van der Waals surface area contributed by atoms with Gasteiger partial charge in [-0.2, -0.15) is 0 Å². The Hall–Kier alpha value is -3.31. The molecule has 0 unspecified atom stereocenters. The second kappa shape index (κ2) is 7.84. The van der Waals surface area contributed by atoms with Gasteiger partial charge in [-0.1, -0.05) is 69.3 Å². The van der Waals surface area contributed by atoms with Gasteiger partial charge in [-0.05, 0) is 65.2 Å². The molecular formula is C31H29N3OS. The monoisotopic (exact) mass is 491 g/mol. The Labute approximate surface area is 216 Å². The van der Waals surface area contributed by atoms with E-state index in [4.69, 9.17) is 26.9 Å². The number of ether oxygens (including phenoxy) is 1. The van der Waals surface area contributed by atoms with Gasteiger partial charge in [0.2, 0.25) is 0 Å². The minimum atomic E-state index is 0.338. The highest BCUT2D eigenvalue weighted by atomic mass is 32.1. The Balaban J connectivity index is 1.28. The largest absolute Gasteiger partial charge is 0.432 e. The third-order valence-electron chi connectivity index (χ3n) is 8.88. The van der Waals surface area contributed by atoms with E-state index >= 15 is 0 Å². The van der Waals surface area contributed by atoms with Crippen LogP contribution in [0.25, 0.3) is 43.6 Å². The lowest BCUT2D eigenvalue weighted by Crippen LogP contribution is -2.40. The van der Waals surface area contributed by atoms with E-state index in [0.29, 0.717) is 28.5 Å². The van der Waals surface area contributed by atoms with E-state index in [1.807, 2.05) is 18.2 Å². The summed E-state index contributed by atoms with van der Waals surface area (Å²) in [6.45, 7) is 8.17. The number of rotatable bonds is 1. The van der Waals surface area contributed by atoms with Gasteiger partial charge in [-0.3, -0.25) is 0 Å². The summed E-state index contributed by atoms with van der Waals surface area (Å²) in [6, 6.07) is 23.3. The topological polar surface area (TPSA) is 38.2 Å².